The molecule has 2 aliphatic rings. The Bertz CT molecular complexity index is 276. The average Bonchev–Trinajstić information content (AvgIpc) is 2.07. The van der Waals surface area contributed by atoms with Crippen LogP contribution in [0.3, 0.4) is 0 Å². The molecule has 0 heterocycles. The minimum absolute atomic E-state index is 0.397. The van der Waals surface area contributed by atoms with E-state index in [1.807, 2.05) is 0 Å². The molecule has 0 N–H and O–H groups in total. The van der Waals surface area contributed by atoms with E-state index in [0.717, 1.165) is 23.7 Å². The first-order valence-electron chi connectivity index (χ1n) is 4.34. The van der Waals surface area contributed by atoms with Crippen molar-refractivity contribution < 1.29 is 4.79 Å². The molecule has 1 saturated carbocycles. The molecule has 0 aliphatic heterocycles. The van der Waals surface area contributed by atoms with E-state index < -0.39 is 0 Å². The molecule has 2 aliphatic carbocycles. The Kier molecular flexibility index (Phi) is 2.18. The number of hydrogen-bond acceptors (Lipinski definition) is 1. The predicted molar refractivity (Wildman–Crippen MR) is 52.1 cm³/mol. The highest BCUT2D eigenvalue weighted by atomic mass is 79.9. The zero-order valence-corrected chi connectivity index (χ0v) is 8.43. The molecule has 0 aromatic rings. The largest absolute Gasteiger partial charge is 0.299 e. The van der Waals surface area contributed by atoms with E-state index in [-0.39, 0.29) is 0 Å². The Morgan fingerprint density at radius 3 is 3.17 bits per heavy atom. The van der Waals surface area contributed by atoms with E-state index in [2.05, 4.69) is 28.1 Å². The Morgan fingerprint density at radius 2 is 2.33 bits per heavy atom. The fourth-order valence-corrected chi connectivity index (χ4v) is 2.59. The summed E-state index contributed by atoms with van der Waals surface area (Å²) in [7, 11) is 0. The lowest BCUT2D eigenvalue weighted by Crippen LogP contribution is -2.18. The van der Waals surface area contributed by atoms with Crippen LogP contribution < -0.4 is 0 Å². The summed E-state index contributed by atoms with van der Waals surface area (Å²) in [5.41, 5.74) is 1.33. The standard InChI is InChI=1S/C10H11BrO/c11-10-3-1-2-7-4-5-8(12)6-9(7)10/h1,3,7H,2,4-6H2. The van der Waals surface area contributed by atoms with E-state index in [4.69, 9.17) is 0 Å². The van der Waals surface area contributed by atoms with Gasteiger partial charge in [0.2, 0.25) is 0 Å². The topological polar surface area (TPSA) is 17.1 Å². The summed E-state index contributed by atoms with van der Waals surface area (Å²) in [5.74, 6) is 1.04. The molecule has 1 nitrogen and oxygen atoms in total. The third-order valence-electron chi connectivity index (χ3n) is 2.64. The summed E-state index contributed by atoms with van der Waals surface area (Å²) in [6.07, 6.45) is 7.89. The summed E-state index contributed by atoms with van der Waals surface area (Å²) in [4.78, 5) is 11.2. The number of hydrogen-bond donors (Lipinski definition) is 0. The van der Waals surface area contributed by atoms with Crippen LogP contribution in [0.2, 0.25) is 0 Å². The molecule has 2 rings (SSSR count). The summed E-state index contributed by atoms with van der Waals surface area (Å²) >= 11 is 3.50. The molecule has 0 saturated heterocycles. The first kappa shape index (κ1) is 8.24. The van der Waals surface area contributed by atoms with Gasteiger partial charge in [-0.1, -0.05) is 28.1 Å². The molecule has 1 atom stereocenters. The van der Waals surface area contributed by atoms with Crippen LogP contribution in [0.4, 0.5) is 0 Å². The molecule has 0 bridgehead atoms. The van der Waals surface area contributed by atoms with Gasteiger partial charge in [-0.2, -0.15) is 0 Å². The second kappa shape index (κ2) is 3.17. The van der Waals surface area contributed by atoms with Crippen molar-refractivity contribution in [3.05, 3.63) is 22.2 Å². The number of rotatable bonds is 0. The van der Waals surface area contributed by atoms with E-state index in [1.165, 1.54) is 5.57 Å². The monoisotopic (exact) mass is 226 g/mol. The molecule has 2 heteroatoms. The van der Waals surface area contributed by atoms with Crippen molar-refractivity contribution in [2.24, 2.45) is 5.92 Å². The lowest BCUT2D eigenvalue weighted by molar-refractivity contribution is -0.119. The molecule has 1 fully saturated rings. The van der Waals surface area contributed by atoms with Crippen molar-refractivity contribution in [1.29, 1.82) is 0 Å². The van der Waals surface area contributed by atoms with Crippen LogP contribution in [0.5, 0.6) is 0 Å². The maximum atomic E-state index is 11.2. The van der Waals surface area contributed by atoms with Gasteiger partial charge in [0, 0.05) is 17.3 Å². The lowest BCUT2D eigenvalue weighted by Gasteiger charge is -2.26. The normalized spacial score (nSPS) is 29.1. The fraction of sp³-hybridized carbons (Fsp3) is 0.500. The minimum Gasteiger partial charge on any atom is -0.299 e. The van der Waals surface area contributed by atoms with Crippen molar-refractivity contribution in [3.63, 3.8) is 0 Å². The Morgan fingerprint density at radius 1 is 1.50 bits per heavy atom. The van der Waals surface area contributed by atoms with Gasteiger partial charge in [0.1, 0.15) is 5.78 Å². The highest BCUT2D eigenvalue weighted by Gasteiger charge is 2.25. The molecule has 0 aromatic carbocycles. The minimum atomic E-state index is 0.397. The predicted octanol–water partition coefficient (Wildman–Crippen LogP) is 2.96. The fourth-order valence-electron chi connectivity index (χ4n) is 1.94. The van der Waals surface area contributed by atoms with Gasteiger partial charge in [0.05, 0.1) is 0 Å². The summed E-state index contributed by atoms with van der Waals surface area (Å²) in [6, 6.07) is 0. The number of ketones is 1. The van der Waals surface area contributed by atoms with Gasteiger partial charge < -0.3 is 0 Å². The number of allylic oxidation sites excluding steroid dienone is 4. The van der Waals surface area contributed by atoms with Crippen LogP contribution in [0.25, 0.3) is 0 Å². The van der Waals surface area contributed by atoms with Gasteiger partial charge in [-0.05, 0) is 24.3 Å². The SMILES string of the molecule is O=C1CCC2CC=CC(Br)=C2C1. The molecule has 64 valence electrons. The second-order valence-corrected chi connectivity index (χ2v) is 4.32. The van der Waals surface area contributed by atoms with E-state index in [9.17, 15) is 4.79 Å². The van der Waals surface area contributed by atoms with Crippen LogP contribution >= 0.6 is 15.9 Å². The lowest BCUT2D eigenvalue weighted by atomic mass is 9.79. The molecule has 0 amide bonds. The van der Waals surface area contributed by atoms with Gasteiger partial charge in [0.25, 0.3) is 0 Å². The van der Waals surface area contributed by atoms with Crippen molar-refractivity contribution >= 4 is 21.7 Å². The number of carbonyl (C=O) groups excluding carboxylic acids is 1. The number of fused-ring (bicyclic) bond motifs is 1. The van der Waals surface area contributed by atoms with Gasteiger partial charge in [-0.25, -0.2) is 0 Å². The van der Waals surface area contributed by atoms with Crippen molar-refractivity contribution in [1.82, 2.24) is 0 Å². The van der Waals surface area contributed by atoms with E-state index >= 15 is 0 Å². The molecular weight excluding hydrogens is 216 g/mol. The smallest absolute Gasteiger partial charge is 0.137 e. The van der Waals surface area contributed by atoms with Crippen molar-refractivity contribution in [2.75, 3.05) is 0 Å². The quantitative estimate of drug-likeness (QED) is 0.621. The maximum absolute atomic E-state index is 11.2. The molecule has 0 spiro atoms. The average molecular weight is 227 g/mol. The van der Waals surface area contributed by atoms with Crippen LogP contribution in [-0.4, -0.2) is 5.78 Å². The van der Waals surface area contributed by atoms with Crippen molar-refractivity contribution in [2.45, 2.75) is 25.7 Å². The third-order valence-corrected chi connectivity index (χ3v) is 3.42. The zero-order chi connectivity index (χ0) is 8.55. The Labute approximate surface area is 80.7 Å². The van der Waals surface area contributed by atoms with Crippen LogP contribution in [0.15, 0.2) is 22.2 Å². The van der Waals surface area contributed by atoms with Crippen LogP contribution in [0, 0.1) is 5.92 Å². The number of carbonyl (C=O) groups is 1. The third kappa shape index (κ3) is 1.40. The van der Waals surface area contributed by atoms with Crippen LogP contribution in [-0.2, 0) is 4.79 Å². The first-order chi connectivity index (χ1) is 5.77. The number of Topliss-reactive ketones (excluding diaryl/α,β-unsaturated/α-hetero) is 1. The van der Waals surface area contributed by atoms with Gasteiger partial charge in [-0.3, -0.25) is 4.79 Å². The summed E-state index contributed by atoms with van der Waals surface area (Å²) in [5, 5.41) is 0. The second-order valence-electron chi connectivity index (χ2n) is 3.46. The van der Waals surface area contributed by atoms with Crippen molar-refractivity contribution in [3.8, 4) is 0 Å². The Balaban J connectivity index is 2.28. The Hall–Kier alpha value is -0.370. The van der Waals surface area contributed by atoms with Crippen LogP contribution in [0.1, 0.15) is 25.7 Å². The van der Waals surface area contributed by atoms with Gasteiger partial charge in [-0.15, -0.1) is 0 Å². The molecule has 1 unspecified atom stereocenters. The molecule has 0 aromatic heterocycles. The summed E-state index contributed by atoms with van der Waals surface area (Å²) < 4.78 is 1.15. The zero-order valence-electron chi connectivity index (χ0n) is 6.85. The summed E-state index contributed by atoms with van der Waals surface area (Å²) in [6.45, 7) is 0. The first-order valence-corrected chi connectivity index (χ1v) is 5.13. The molecule has 12 heavy (non-hydrogen) atoms. The van der Waals surface area contributed by atoms with Gasteiger partial charge in [0.15, 0.2) is 0 Å². The van der Waals surface area contributed by atoms with E-state index in [0.29, 0.717) is 18.1 Å². The molecule has 0 radical (unpaired) electrons. The highest BCUT2D eigenvalue weighted by molar-refractivity contribution is 9.11. The van der Waals surface area contributed by atoms with E-state index in [1.54, 1.807) is 0 Å². The maximum Gasteiger partial charge on any atom is 0.137 e. The van der Waals surface area contributed by atoms with Gasteiger partial charge >= 0.3 is 0 Å². The number of halogens is 1. The highest BCUT2D eigenvalue weighted by Crippen LogP contribution is 2.37. The molecular formula is C10H11BrO.